The molecule has 1 atom stereocenters. The number of likely N-dealkylation sites (tertiary alicyclic amines) is 1. The largest absolute Gasteiger partial charge is 0.488 e. The number of pyridine rings is 1. The first kappa shape index (κ1) is 17.4. The van der Waals surface area contributed by atoms with Crippen molar-refractivity contribution >= 4 is 5.91 Å². The number of rotatable bonds is 4. The highest BCUT2D eigenvalue weighted by molar-refractivity contribution is 5.73. The molecule has 0 N–H and O–H groups in total. The number of ether oxygens (including phenoxy) is 1. The monoisotopic (exact) mass is 342 g/mol. The van der Waals surface area contributed by atoms with Crippen molar-refractivity contribution in [3.05, 3.63) is 59.2 Å². The van der Waals surface area contributed by atoms with Gasteiger partial charge < -0.3 is 9.64 Å². The summed E-state index contributed by atoms with van der Waals surface area (Å²) in [6.45, 7) is 4.81. The van der Waals surface area contributed by atoms with Crippen LogP contribution < -0.4 is 4.74 Å². The molecule has 5 heteroatoms. The summed E-state index contributed by atoms with van der Waals surface area (Å²) in [5.41, 5.74) is 2.41. The van der Waals surface area contributed by atoms with Gasteiger partial charge in [0.2, 0.25) is 5.91 Å². The first-order valence-electron chi connectivity index (χ1n) is 8.64. The van der Waals surface area contributed by atoms with Gasteiger partial charge >= 0.3 is 0 Å². The number of aryl methyl sites for hydroxylation is 1. The van der Waals surface area contributed by atoms with Crippen LogP contribution in [0.2, 0.25) is 0 Å². The van der Waals surface area contributed by atoms with Crippen LogP contribution in [-0.4, -0.2) is 35.0 Å². The molecule has 0 radical (unpaired) electrons. The van der Waals surface area contributed by atoms with Gasteiger partial charge in [-0.1, -0.05) is 12.1 Å². The van der Waals surface area contributed by atoms with E-state index in [1.807, 2.05) is 19.1 Å². The Labute approximate surface area is 147 Å². The fourth-order valence-electron chi connectivity index (χ4n) is 3.13. The highest BCUT2D eigenvalue weighted by Gasteiger charge is 2.24. The molecule has 1 saturated heterocycles. The van der Waals surface area contributed by atoms with Crippen molar-refractivity contribution in [2.45, 2.75) is 39.2 Å². The van der Waals surface area contributed by atoms with E-state index in [0.717, 1.165) is 30.6 Å². The number of benzene rings is 1. The maximum Gasteiger partial charge on any atom is 0.219 e. The standard InChI is InChI=1S/C20H23FN2O2/c1-14-8-9-16(12-22-14)11-18-19(21)6-3-7-20(18)25-17-5-4-10-23(13-17)15(2)24/h3,6-9,12,17H,4-5,10-11,13H2,1-2H3. The van der Waals surface area contributed by atoms with E-state index in [4.69, 9.17) is 4.74 Å². The Kier molecular flexibility index (Phi) is 5.31. The number of aromatic nitrogens is 1. The van der Waals surface area contributed by atoms with Gasteiger partial charge in [-0.15, -0.1) is 0 Å². The molecule has 1 fully saturated rings. The van der Waals surface area contributed by atoms with Crippen LogP contribution in [0.1, 0.15) is 36.6 Å². The average molecular weight is 342 g/mol. The lowest BCUT2D eigenvalue weighted by Crippen LogP contribution is -2.43. The topological polar surface area (TPSA) is 42.4 Å². The molecule has 0 bridgehead atoms. The molecule has 0 spiro atoms. The van der Waals surface area contributed by atoms with Gasteiger partial charge in [0.15, 0.2) is 0 Å². The molecule has 4 nitrogen and oxygen atoms in total. The highest BCUT2D eigenvalue weighted by atomic mass is 19.1. The third-order valence-electron chi connectivity index (χ3n) is 4.55. The quantitative estimate of drug-likeness (QED) is 0.854. The molecular formula is C20H23FN2O2. The maximum atomic E-state index is 14.4. The molecule has 1 aromatic heterocycles. The zero-order valence-corrected chi connectivity index (χ0v) is 14.7. The van der Waals surface area contributed by atoms with Crippen LogP contribution in [0.5, 0.6) is 5.75 Å². The molecule has 132 valence electrons. The summed E-state index contributed by atoms with van der Waals surface area (Å²) in [5.74, 6) is 0.326. The Morgan fingerprint density at radius 2 is 2.20 bits per heavy atom. The van der Waals surface area contributed by atoms with E-state index in [0.29, 0.717) is 24.3 Å². The number of carbonyl (C=O) groups is 1. The Morgan fingerprint density at radius 3 is 2.92 bits per heavy atom. The molecule has 1 unspecified atom stereocenters. The van der Waals surface area contributed by atoms with Gasteiger partial charge in [-0.05, 0) is 43.5 Å². The van der Waals surface area contributed by atoms with Gasteiger partial charge in [0.05, 0.1) is 6.54 Å². The number of halogens is 1. The van der Waals surface area contributed by atoms with E-state index in [9.17, 15) is 9.18 Å². The molecule has 3 rings (SSSR count). The lowest BCUT2D eigenvalue weighted by Gasteiger charge is -2.32. The van der Waals surface area contributed by atoms with Crippen molar-refractivity contribution in [1.82, 2.24) is 9.88 Å². The SMILES string of the molecule is CC(=O)N1CCCC(Oc2cccc(F)c2Cc2ccc(C)nc2)C1. The highest BCUT2D eigenvalue weighted by Crippen LogP contribution is 2.27. The zero-order valence-electron chi connectivity index (χ0n) is 14.7. The summed E-state index contributed by atoms with van der Waals surface area (Å²) in [6.07, 6.45) is 3.86. The lowest BCUT2D eigenvalue weighted by atomic mass is 10.0. The van der Waals surface area contributed by atoms with Crippen molar-refractivity contribution in [3.8, 4) is 5.75 Å². The minimum Gasteiger partial charge on any atom is -0.488 e. The number of piperidine rings is 1. The third-order valence-corrected chi connectivity index (χ3v) is 4.55. The molecule has 0 aliphatic carbocycles. The van der Waals surface area contributed by atoms with Gasteiger partial charge in [-0.2, -0.15) is 0 Å². The number of hydrogen-bond acceptors (Lipinski definition) is 3. The van der Waals surface area contributed by atoms with E-state index in [2.05, 4.69) is 4.98 Å². The summed E-state index contributed by atoms with van der Waals surface area (Å²) in [6, 6.07) is 8.78. The number of carbonyl (C=O) groups excluding carboxylic acids is 1. The zero-order chi connectivity index (χ0) is 17.8. The Bertz CT molecular complexity index is 746. The van der Waals surface area contributed by atoms with Crippen molar-refractivity contribution in [3.63, 3.8) is 0 Å². The molecule has 1 aliphatic rings. The van der Waals surface area contributed by atoms with E-state index < -0.39 is 0 Å². The fourth-order valence-corrected chi connectivity index (χ4v) is 3.13. The van der Waals surface area contributed by atoms with Crippen LogP contribution in [0.25, 0.3) is 0 Å². The molecule has 2 aromatic rings. The average Bonchev–Trinajstić information content (AvgIpc) is 2.60. The predicted octanol–water partition coefficient (Wildman–Crippen LogP) is 3.51. The Balaban J connectivity index is 1.78. The van der Waals surface area contributed by atoms with Crippen LogP contribution in [0, 0.1) is 12.7 Å². The van der Waals surface area contributed by atoms with Gasteiger partial charge in [-0.3, -0.25) is 9.78 Å². The predicted molar refractivity (Wildman–Crippen MR) is 94.1 cm³/mol. The third kappa shape index (κ3) is 4.35. The molecule has 25 heavy (non-hydrogen) atoms. The van der Waals surface area contributed by atoms with Crippen LogP contribution in [0.15, 0.2) is 36.5 Å². The fraction of sp³-hybridized carbons (Fsp3) is 0.400. The van der Waals surface area contributed by atoms with Crippen molar-refractivity contribution < 1.29 is 13.9 Å². The lowest BCUT2D eigenvalue weighted by molar-refractivity contribution is -0.131. The second-order valence-corrected chi connectivity index (χ2v) is 6.55. The molecular weight excluding hydrogens is 319 g/mol. The van der Waals surface area contributed by atoms with E-state index in [1.165, 1.54) is 6.07 Å². The smallest absolute Gasteiger partial charge is 0.219 e. The summed E-state index contributed by atoms with van der Waals surface area (Å²) in [7, 11) is 0. The minimum atomic E-state index is -0.280. The van der Waals surface area contributed by atoms with Crippen LogP contribution in [0.4, 0.5) is 4.39 Å². The normalized spacial score (nSPS) is 17.4. The molecule has 0 saturated carbocycles. The summed E-state index contributed by atoms with van der Waals surface area (Å²) < 4.78 is 20.5. The molecule has 1 aromatic carbocycles. The Morgan fingerprint density at radius 1 is 1.36 bits per heavy atom. The van der Waals surface area contributed by atoms with E-state index >= 15 is 0 Å². The second kappa shape index (κ2) is 7.64. The summed E-state index contributed by atoms with van der Waals surface area (Å²) in [5, 5.41) is 0. The van der Waals surface area contributed by atoms with E-state index in [1.54, 1.807) is 30.2 Å². The number of amides is 1. The first-order chi connectivity index (χ1) is 12.0. The van der Waals surface area contributed by atoms with E-state index in [-0.39, 0.29) is 17.8 Å². The maximum absolute atomic E-state index is 14.4. The van der Waals surface area contributed by atoms with Crippen molar-refractivity contribution in [2.24, 2.45) is 0 Å². The van der Waals surface area contributed by atoms with Gasteiger partial charge in [-0.25, -0.2) is 4.39 Å². The van der Waals surface area contributed by atoms with Crippen molar-refractivity contribution in [1.29, 1.82) is 0 Å². The number of hydrogen-bond donors (Lipinski definition) is 0. The molecule has 2 heterocycles. The van der Waals surface area contributed by atoms with Gasteiger partial charge in [0.25, 0.3) is 0 Å². The minimum absolute atomic E-state index is 0.0542. The van der Waals surface area contributed by atoms with Gasteiger partial charge in [0.1, 0.15) is 17.7 Å². The number of nitrogens with zero attached hydrogens (tertiary/aromatic N) is 2. The van der Waals surface area contributed by atoms with Crippen LogP contribution in [0.3, 0.4) is 0 Å². The van der Waals surface area contributed by atoms with Gasteiger partial charge in [0, 0.05) is 37.3 Å². The molecule has 1 amide bonds. The van der Waals surface area contributed by atoms with Crippen LogP contribution in [-0.2, 0) is 11.2 Å². The second-order valence-electron chi connectivity index (χ2n) is 6.55. The molecule has 1 aliphatic heterocycles. The summed E-state index contributed by atoms with van der Waals surface area (Å²) in [4.78, 5) is 17.7. The van der Waals surface area contributed by atoms with Crippen LogP contribution >= 0.6 is 0 Å². The van der Waals surface area contributed by atoms with Crippen molar-refractivity contribution in [2.75, 3.05) is 13.1 Å². The summed E-state index contributed by atoms with van der Waals surface area (Å²) >= 11 is 0. The Hall–Kier alpha value is -2.43. The first-order valence-corrected chi connectivity index (χ1v) is 8.64.